The molecule has 154 valence electrons. The van der Waals surface area contributed by atoms with Gasteiger partial charge in [0.15, 0.2) is 5.96 Å². The van der Waals surface area contributed by atoms with Crippen LogP contribution in [-0.2, 0) is 6.42 Å². The van der Waals surface area contributed by atoms with Crippen LogP contribution in [0.4, 0.5) is 0 Å². The van der Waals surface area contributed by atoms with Gasteiger partial charge in [0, 0.05) is 39.8 Å². The lowest BCUT2D eigenvalue weighted by atomic mass is 10.1. The van der Waals surface area contributed by atoms with Crippen LogP contribution >= 0.6 is 24.0 Å². The van der Waals surface area contributed by atoms with E-state index in [1.807, 2.05) is 7.05 Å². The molecule has 1 heterocycles. The van der Waals surface area contributed by atoms with Crippen molar-refractivity contribution in [3.8, 4) is 5.75 Å². The molecule has 2 rings (SSSR count). The summed E-state index contributed by atoms with van der Waals surface area (Å²) >= 11 is 0. The summed E-state index contributed by atoms with van der Waals surface area (Å²) in [6.45, 7) is 9.59. The smallest absolute Gasteiger partial charge is 0.191 e. The first-order valence-corrected chi connectivity index (χ1v) is 9.61. The number of likely N-dealkylation sites (N-methyl/N-ethyl adjacent to an activating group) is 1. The van der Waals surface area contributed by atoms with Crippen LogP contribution in [-0.4, -0.2) is 82.8 Å². The summed E-state index contributed by atoms with van der Waals surface area (Å²) in [6, 6.07) is 6.38. The zero-order valence-corrected chi connectivity index (χ0v) is 19.6. The molecule has 0 saturated carbocycles. The van der Waals surface area contributed by atoms with Gasteiger partial charge in [-0.25, -0.2) is 0 Å². The molecule has 1 aliphatic heterocycles. The number of nitrogens with one attached hydrogen (secondary N) is 2. The van der Waals surface area contributed by atoms with Gasteiger partial charge in [0.25, 0.3) is 0 Å². The Labute approximate surface area is 181 Å². The number of halogens is 1. The van der Waals surface area contributed by atoms with E-state index in [0.29, 0.717) is 0 Å². The van der Waals surface area contributed by atoms with Gasteiger partial charge in [-0.15, -0.1) is 24.0 Å². The summed E-state index contributed by atoms with van der Waals surface area (Å²) in [5.74, 6) is 1.82. The van der Waals surface area contributed by atoms with E-state index in [1.54, 1.807) is 7.11 Å². The molecule has 0 amide bonds. The molecule has 1 aliphatic rings. The molecule has 1 fully saturated rings. The Kier molecular flexibility index (Phi) is 11.7. The van der Waals surface area contributed by atoms with Crippen LogP contribution in [0.15, 0.2) is 23.2 Å². The first-order chi connectivity index (χ1) is 12.6. The molecule has 1 aromatic carbocycles. The number of hydrogen-bond donors (Lipinski definition) is 2. The second kappa shape index (κ2) is 13.2. The van der Waals surface area contributed by atoms with Crippen LogP contribution in [0.3, 0.4) is 0 Å². The van der Waals surface area contributed by atoms with Crippen LogP contribution in [0.1, 0.15) is 17.5 Å². The highest BCUT2D eigenvalue weighted by Gasteiger charge is 2.11. The second-order valence-electron chi connectivity index (χ2n) is 6.98. The molecule has 1 aromatic rings. The van der Waals surface area contributed by atoms with Gasteiger partial charge < -0.3 is 25.2 Å². The van der Waals surface area contributed by atoms with Gasteiger partial charge in [-0.2, -0.15) is 0 Å². The third-order valence-corrected chi connectivity index (χ3v) is 4.93. The number of aliphatic imine (C=N–C) groups is 1. The Bertz CT molecular complexity index is 581. The van der Waals surface area contributed by atoms with Gasteiger partial charge in [0.2, 0.25) is 0 Å². The fourth-order valence-electron chi connectivity index (χ4n) is 3.22. The molecular weight excluding hydrogens is 453 g/mol. The fourth-order valence-corrected chi connectivity index (χ4v) is 3.22. The first kappa shape index (κ1) is 24.0. The lowest BCUT2D eigenvalue weighted by Gasteiger charge is -2.21. The number of aryl methyl sites for hydroxylation is 1. The number of benzene rings is 1. The van der Waals surface area contributed by atoms with E-state index in [2.05, 4.69) is 57.6 Å². The van der Waals surface area contributed by atoms with Crippen molar-refractivity contribution < 1.29 is 4.74 Å². The molecule has 1 saturated heterocycles. The topological polar surface area (TPSA) is 52.1 Å². The normalized spacial score (nSPS) is 16.4. The van der Waals surface area contributed by atoms with Crippen LogP contribution < -0.4 is 15.4 Å². The van der Waals surface area contributed by atoms with E-state index in [1.165, 1.54) is 30.6 Å². The minimum atomic E-state index is 0. The molecule has 0 radical (unpaired) electrons. The predicted molar refractivity (Wildman–Crippen MR) is 125 cm³/mol. The summed E-state index contributed by atoms with van der Waals surface area (Å²) in [5, 5.41) is 6.82. The first-order valence-electron chi connectivity index (χ1n) is 9.61. The highest BCUT2D eigenvalue weighted by atomic mass is 127. The lowest BCUT2D eigenvalue weighted by molar-refractivity contribution is 0.280. The molecule has 0 aliphatic carbocycles. The fraction of sp³-hybridized carbons (Fsp3) is 0.650. The quantitative estimate of drug-likeness (QED) is 0.349. The van der Waals surface area contributed by atoms with Crippen molar-refractivity contribution in [2.75, 3.05) is 67.0 Å². The Morgan fingerprint density at radius 3 is 2.67 bits per heavy atom. The standard InChI is InChI=1S/C20H35N5O.HI/c1-17-6-7-18(16-19(17)26-4)8-9-22-20(21-2)23-10-13-25-12-5-11-24(3)14-15-25;/h6-7,16H,5,8-15H2,1-4H3,(H2,21,22,23);1H. The predicted octanol–water partition coefficient (Wildman–Crippen LogP) is 1.97. The minimum absolute atomic E-state index is 0. The maximum Gasteiger partial charge on any atom is 0.191 e. The average Bonchev–Trinajstić information content (AvgIpc) is 2.86. The third kappa shape index (κ3) is 8.66. The van der Waals surface area contributed by atoms with Crippen molar-refractivity contribution in [2.24, 2.45) is 4.99 Å². The van der Waals surface area contributed by atoms with E-state index in [4.69, 9.17) is 4.74 Å². The van der Waals surface area contributed by atoms with Gasteiger partial charge in [-0.05, 0) is 57.1 Å². The summed E-state index contributed by atoms with van der Waals surface area (Å²) in [5.41, 5.74) is 2.44. The summed E-state index contributed by atoms with van der Waals surface area (Å²) < 4.78 is 5.40. The molecule has 0 unspecified atom stereocenters. The van der Waals surface area contributed by atoms with Crippen molar-refractivity contribution >= 4 is 29.9 Å². The molecule has 7 heteroatoms. The number of ether oxygens (including phenoxy) is 1. The van der Waals surface area contributed by atoms with Gasteiger partial charge >= 0.3 is 0 Å². The maximum atomic E-state index is 5.40. The number of hydrogen-bond acceptors (Lipinski definition) is 4. The SMILES string of the molecule is CN=C(NCCc1ccc(C)c(OC)c1)NCCN1CCCN(C)CC1.I. The van der Waals surface area contributed by atoms with Crippen LogP contribution in [0.2, 0.25) is 0 Å². The molecule has 0 aromatic heterocycles. The summed E-state index contributed by atoms with van der Waals surface area (Å²) in [6.07, 6.45) is 2.19. The van der Waals surface area contributed by atoms with E-state index >= 15 is 0 Å². The molecule has 0 bridgehead atoms. The van der Waals surface area contributed by atoms with Crippen LogP contribution in [0.25, 0.3) is 0 Å². The Balaban J connectivity index is 0.00000364. The number of guanidine groups is 1. The van der Waals surface area contributed by atoms with E-state index in [0.717, 1.165) is 50.9 Å². The van der Waals surface area contributed by atoms with Gasteiger partial charge in [-0.1, -0.05) is 12.1 Å². The highest BCUT2D eigenvalue weighted by Crippen LogP contribution is 2.18. The zero-order valence-electron chi connectivity index (χ0n) is 17.3. The number of nitrogens with zero attached hydrogens (tertiary/aromatic N) is 3. The molecule has 0 spiro atoms. The van der Waals surface area contributed by atoms with E-state index in [-0.39, 0.29) is 24.0 Å². The maximum absolute atomic E-state index is 5.40. The Hall–Kier alpha value is -1.06. The summed E-state index contributed by atoms with van der Waals surface area (Å²) in [7, 11) is 5.75. The highest BCUT2D eigenvalue weighted by molar-refractivity contribution is 14.0. The van der Waals surface area contributed by atoms with Crippen molar-refractivity contribution in [1.82, 2.24) is 20.4 Å². The average molecular weight is 489 g/mol. The monoisotopic (exact) mass is 489 g/mol. The second-order valence-corrected chi connectivity index (χ2v) is 6.98. The summed E-state index contributed by atoms with van der Waals surface area (Å²) in [4.78, 5) is 9.26. The Morgan fingerprint density at radius 1 is 1.15 bits per heavy atom. The van der Waals surface area contributed by atoms with Gasteiger partial charge in [0.1, 0.15) is 5.75 Å². The van der Waals surface area contributed by atoms with Crippen molar-refractivity contribution in [2.45, 2.75) is 19.8 Å². The Morgan fingerprint density at radius 2 is 1.93 bits per heavy atom. The third-order valence-electron chi connectivity index (χ3n) is 4.93. The largest absolute Gasteiger partial charge is 0.496 e. The number of rotatable bonds is 7. The van der Waals surface area contributed by atoms with Gasteiger partial charge in [-0.3, -0.25) is 4.99 Å². The lowest BCUT2D eigenvalue weighted by Crippen LogP contribution is -2.42. The minimum Gasteiger partial charge on any atom is -0.496 e. The molecular formula is C20H36IN5O. The van der Waals surface area contributed by atoms with Crippen molar-refractivity contribution in [3.63, 3.8) is 0 Å². The van der Waals surface area contributed by atoms with Gasteiger partial charge in [0.05, 0.1) is 7.11 Å². The van der Waals surface area contributed by atoms with Crippen LogP contribution in [0, 0.1) is 6.92 Å². The molecule has 6 nitrogen and oxygen atoms in total. The molecule has 0 atom stereocenters. The van der Waals surface area contributed by atoms with Crippen molar-refractivity contribution in [1.29, 1.82) is 0 Å². The van der Waals surface area contributed by atoms with Crippen molar-refractivity contribution in [3.05, 3.63) is 29.3 Å². The zero-order chi connectivity index (χ0) is 18.8. The van der Waals surface area contributed by atoms with E-state index in [9.17, 15) is 0 Å². The number of methoxy groups -OCH3 is 1. The van der Waals surface area contributed by atoms with E-state index < -0.39 is 0 Å². The van der Waals surface area contributed by atoms with Crippen LogP contribution in [0.5, 0.6) is 5.75 Å². The molecule has 2 N–H and O–H groups in total. The molecule has 27 heavy (non-hydrogen) atoms.